The van der Waals surface area contributed by atoms with Gasteiger partial charge in [-0.15, -0.1) is 0 Å². The van der Waals surface area contributed by atoms with Crippen molar-refractivity contribution in [3.05, 3.63) is 24.4 Å². The maximum atomic E-state index is 13.6. The monoisotopic (exact) mass is 370 g/mol. The van der Waals surface area contributed by atoms with Gasteiger partial charge in [0.05, 0.1) is 5.41 Å². The molecule has 1 aliphatic carbocycles. The zero-order valence-corrected chi connectivity index (χ0v) is 16.7. The summed E-state index contributed by atoms with van der Waals surface area (Å²) in [5, 5.41) is 3.53. The molecule has 2 aliphatic heterocycles. The molecule has 0 aromatic carbocycles. The number of fused-ring (bicyclic) bond motifs is 1. The van der Waals surface area contributed by atoms with Gasteiger partial charge in [-0.25, -0.2) is 4.98 Å². The summed E-state index contributed by atoms with van der Waals surface area (Å²) < 4.78 is 0. The molecule has 3 fully saturated rings. The number of rotatable bonds is 5. The average molecular weight is 371 g/mol. The van der Waals surface area contributed by atoms with E-state index in [4.69, 9.17) is 0 Å². The Morgan fingerprint density at radius 3 is 2.89 bits per heavy atom. The summed E-state index contributed by atoms with van der Waals surface area (Å²) in [6.07, 6.45) is 8.97. The molecule has 27 heavy (non-hydrogen) atoms. The molecule has 1 aromatic heterocycles. The van der Waals surface area contributed by atoms with Gasteiger partial charge < -0.3 is 15.1 Å². The standard InChI is InChI=1S/C22H34N4O/c1-2-25(21(27)22-11-5-3-7-19(22)15-23-17-22)16-18-9-13-26(14-10-18)20-8-4-6-12-24-20/h4,6,8,12,18-19,23H,2-3,5,7,9-11,13-17H2,1H3/t19-,22+/m0/s1. The van der Waals surface area contributed by atoms with Crippen LogP contribution in [0.25, 0.3) is 0 Å². The Morgan fingerprint density at radius 1 is 1.30 bits per heavy atom. The van der Waals surface area contributed by atoms with Crippen LogP contribution in [0.15, 0.2) is 24.4 Å². The van der Waals surface area contributed by atoms with Gasteiger partial charge in [-0.1, -0.05) is 18.9 Å². The zero-order chi connectivity index (χ0) is 18.7. The molecule has 0 bridgehead atoms. The van der Waals surface area contributed by atoms with E-state index < -0.39 is 0 Å². The summed E-state index contributed by atoms with van der Waals surface area (Å²) in [5.41, 5.74) is -0.108. The summed E-state index contributed by atoms with van der Waals surface area (Å²) >= 11 is 0. The number of aromatic nitrogens is 1. The second-order valence-electron chi connectivity index (χ2n) is 8.69. The van der Waals surface area contributed by atoms with Crippen LogP contribution in [0.4, 0.5) is 5.82 Å². The lowest BCUT2D eigenvalue weighted by Gasteiger charge is -2.42. The van der Waals surface area contributed by atoms with Gasteiger partial charge in [0.1, 0.15) is 5.82 Å². The van der Waals surface area contributed by atoms with Crippen molar-refractivity contribution >= 4 is 11.7 Å². The third-order valence-corrected chi connectivity index (χ3v) is 7.20. The molecule has 0 spiro atoms. The summed E-state index contributed by atoms with van der Waals surface area (Å²) in [4.78, 5) is 22.6. The Kier molecular flexibility index (Phi) is 5.67. The van der Waals surface area contributed by atoms with Gasteiger partial charge in [0.25, 0.3) is 0 Å². The molecular weight excluding hydrogens is 336 g/mol. The van der Waals surface area contributed by atoms with Crippen molar-refractivity contribution in [1.82, 2.24) is 15.2 Å². The summed E-state index contributed by atoms with van der Waals surface area (Å²) in [6.45, 7) is 7.94. The molecule has 3 heterocycles. The van der Waals surface area contributed by atoms with Gasteiger partial charge >= 0.3 is 0 Å². The third kappa shape index (κ3) is 3.71. The molecule has 0 unspecified atom stereocenters. The molecular formula is C22H34N4O. The highest BCUT2D eigenvalue weighted by molar-refractivity contribution is 5.84. The average Bonchev–Trinajstić information content (AvgIpc) is 3.18. The van der Waals surface area contributed by atoms with Crippen LogP contribution in [0.2, 0.25) is 0 Å². The molecule has 3 aliphatic rings. The second-order valence-corrected chi connectivity index (χ2v) is 8.69. The van der Waals surface area contributed by atoms with E-state index in [2.05, 4.69) is 39.2 Å². The Labute approximate surface area is 163 Å². The molecule has 5 heteroatoms. The molecule has 1 aromatic rings. The Hall–Kier alpha value is -1.62. The first-order valence-corrected chi connectivity index (χ1v) is 10.9. The molecule has 0 radical (unpaired) electrons. The minimum absolute atomic E-state index is 0.108. The van der Waals surface area contributed by atoms with Crippen LogP contribution in [-0.4, -0.2) is 55.1 Å². The van der Waals surface area contributed by atoms with Gasteiger partial charge in [-0.2, -0.15) is 0 Å². The minimum atomic E-state index is -0.108. The van der Waals surface area contributed by atoms with E-state index in [9.17, 15) is 4.79 Å². The van der Waals surface area contributed by atoms with Crippen LogP contribution in [0.5, 0.6) is 0 Å². The zero-order valence-electron chi connectivity index (χ0n) is 16.7. The quantitative estimate of drug-likeness (QED) is 0.866. The van der Waals surface area contributed by atoms with E-state index in [-0.39, 0.29) is 5.41 Å². The fourth-order valence-corrected chi connectivity index (χ4v) is 5.54. The first-order chi connectivity index (χ1) is 13.2. The number of anilines is 1. The predicted octanol–water partition coefficient (Wildman–Crippen LogP) is 2.93. The number of nitrogens with one attached hydrogen (secondary N) is 1. The van der Waals surface area contributed by atoms with E-state index >= 15 is 0 Å². The lowest BCUT2D eigenvalue weighted by molar-refractivity contribution is -0.146. The molecule has 148 valence electrons. The largest absolute Gasteiger partial charge is 0.357 e. The highest BCUT2D eigenvalue weighted by Gasteiger charge is 2.51. The fourth-order valence-electron chi connectivity index (χ4n) is 5.54. The van der Waals surface area contributed by atoms with Crippen LogP contribution in [-0.2, 0) is 4.79 Å². The number of hydrogen-bond donors (Lipinski definition) is 1. The van der Waals surface area contributed by atoms with E-state index in [1.54, 1.807) is 0 Å². The highest BCUT2D eigenvalue weighted by atomic mass is 16.2. The van der Waals surface area contributed by atoms with Crippen molar-refractivity contribution in [3.63, 3.8) is 0 Å². The van der Waals surface area contributed by atoms with E-state index in [1.165, 1.54) is 19.3 Å². The Morgan fingerprint density at radius 2 is 2.15 bits per heavy atom. The number of piperidine rings is 1. The molecule has 2 saturated heterocycles. The maximum absolute atomic E-state index is 13.6. The van der Waals surface area contributed by atoms with Crippen LogP contribution in [0, 0.1) is 17.3 Å². The lowest BCUT2D eigenvalue weighted by Crippen LogP contribution is -2.51. The summed E-state index contributed by atoms with van der Waals surface area (Å²) in [7, 11) is 0. The van der Waals surface area contributed by atoms with Crippen molar-refractivity contribution in [2.75, 3.05) is 44.2 Å². The van der Waals surface area contributed by atoms with Crippen LogP contribution in [0.1, 0.15) is 45.4 Å². The van der Waals surface area contributed by atoms with E-state index in [0.717, 1.165) is 64.3 Å². The summed E-state index contributed by atoms with van der Waals surface area (Å²) in [6, 6.07) is 6.12. The Bertz CT molecular complexity index is 628. The van der Waals surface area contributed by atoms with Gasteiger partial charge in [0.15, 0.2) is 0 Å². The first-order valence-electron chi connectivity index (χ1n) is 10.9. The van der Waals surface area contributed by atoms with E-state index in [0.29, 0.717) is 17.7 Å². The molecule has 4 rings (SSSR count). The van der Waals surface area contributed by atoms with Gasteiger partial charge in [0.2, 0.25) is 5.91 Å². The normalized spacial score (nSPS) is 28.8. The topological polar surface area (TPSA) is 48.5 Å². The van der Waals surface area contributed by atoms with E-state index in [1.807, 2.05) is 12.3 Å². The number of amides is 1. The number of hydrogen-bond acceptors (Lipinski definition) is 4. The predicted molar refractivity (Wildman–Crippen MR) is 109 cm³/mol. The van der Waals surface area contributed by atoms with Crippen molar-refractivity contribution in [3.8, 4) is 0 Å². The van der Waals surface area contributed by atoms with Crippen LogP contribution >= 0.6 is 0 Å². The number of nitrogens with zero attached hydrogens (tertiary/aromatic N) is 3. The van der Waals surface area contributed by atoms with Crippen molar-refractivity contribution in [2.24, 2.45) is 17.3 Å². The van der Waals surface area contributed by atoms with Gasteiger partial charge in [0, 0.05) is 38.9 Å². The number of pyridine rings is 1. The van der Waals surface area contributed by atoms with Crippen molar-refractivity contribution < 1.29 is 4.79 Å². The molecule has 1 N–H and O–H groups in total. The minimum Gasteiger partial charge on any atom is -0.357 e. The highest BCUT2D eigenvalue weighted by Crippen LogP contribution is 2.45. The SMILES string of the molecule is CCN(CC1CCN(c2ccccn2)CC1)C(=O)[C@@]12CCCC[C@H]1CNC2. The molecule has 1 amide bonds. The smallest absolute Gasteiger partial charge is 0.230 e. The van der Waals surface area contributed by atoms with Crippen molar-refractivity contribution in [1.29, 1.82) is 0 Å². The number of carbonyl (C=O) groups excluding carboxylic acids is 1. The second kappa shape index (κ2) is 8.17. The van der Waals surface area contributed by atoms with Gasteiger partial charge in [-0.3, -0.25) is 4.79 Å². The van der Waals surface area contributed by atoms with Crippen molar-refractivity contribution in [2.45, 2.75) is 45.4 Å². The first kappa shape index (κ1) is 18.7. The molecule has 2 atom stereocenters. The third-order valence-electron chi connectivity index (χ3n) is 7.20. The van der Waals surface area contributed by atoms with Crippen LogP contribution < -0.4 is 10.2 Å². The maximum Gasteiger partial charge on any atom is 0.230 e. The van der Waals surface area contributed by atoms with Crippen LogP contribution in [0.3, 0.4) is 0 Å². The lowest BCUT2D eigenvalue weighted by atomic mass is 9.67. The molecule has 5 nitrogen and oxygen atoms in total. The summed E-state index contributed by atoms with van der Waals surface area (Å²) in [5.74, 6) is 2.69. The number of carbonyl (C=O) groups is 1. The Balaban J connectivity index is 1.36. The van der Waals surface area contributed by atoms with Gasteiger partial charge in [-0.05, 0) is 63.1 Å². The fraction of sp³-hybridized carbons (Fsp3) is 0.727. The molecule has 1 saturated carbocycles.